The molecule has 0 saturated carbocycles. The third-order valence-corrected chi connectivity index (χ3v) is 5.48. The maximum atomic E-state index is 12.5. The van der Waals surface area contributed by atoms with E-state index in [1.807, 2.05) is 84.9 Å². The highest BCUT2D eigenvalue weighted by Crippen LogP contribution is 2.31. The number of nitrogens with zero attached hydrogens (tertiary/aromatic N) is 3. The molecule has 3 N–H and O–H groups in total. The Morgan fingerprint density at radius 3 is 2.28 bits per heavy atom. The summed E-state index contributed by atoms with van der Waals surface area (Å²) < 4.78 is 7.49. The summed E-state index contributed by atoms with van der Waals surface area (Å²) >= 11 is 0. The summed E-state index contributed by atoms with van der Waals surface area (Å²) in [6, 6.07) is 26.2. The van der Waals surface area contributed by atoms with E-state index in [1.165, 1.54) is 6.08 Å². The van der Waals surface area contributed by atoms with Crippen molar-refractivity contribution in [2.24, 2.45) is 5.73 Å². The first-order chi connectivity index (χ1) is 17.6. The van der Waals surface area contributed by atoms with E-state index in [4.69, 9.17) is 15.6 Å². The van der Waals surface area contributed by atoms with Crippen molar-refractivity contribution >= 4 is 23.5 Å². The number of hydrogen-bond acceptors (Lipinski definition) is 6. The number of carbonyl (C=O) groups is 2. The number of aldehydes is 1. The predicted molar refractivity (Wildman–Crippen MR) is 138 cm³/mol. The summed E-state index contributed by atoms with van der Waals surface area (Å²) in [7, 11) is 0. The van der Waals surface area contributed by atoms with Gasteiger partial charge in [-0.15, -0.1) is 0 Å². The monoisotopic (exact) mass is 475 g/mol. The van der Waals surface area contributed by atoms with E-state index in [2.05, 4.69) is 10.3 Å². The quantitative estimate of drug-likeness (QED) is 0.239. The average Bonchev–Trinajstić information content (AvgIpc) is 3.31. The summed E-state index contributed by atoms with van der Waals surface area (Å²) in [5, 5.41) is 7.74. The van der Waals surface area contributed by atoms with Gasteiger partial charge in [-0.2, -0.15) is 5.10 Å². The molecule has 0 aliphatic rings. The number of allylic oxidation sites excluding steroid dienone is 1. The number of aromatic nitrogens is 3. The second-order valence-electron chi connectivity index (χ2n) is 7.81. The second-order valence-corrected chi connectivity index (χ2v) is 7.81. The maximum absolute atomic E-state index is 12.5. The SMILES string of the molecule is NC(=O)c1c(-c2ccc(Oc3ccccc3)cc2)nn2c(-c3ccc(NC=CC=O)cc3)ccnc12. The Balaban J connectivity index is 1.52. The summed E-state index contributed by atoms with van der Waals surface area (Å²) in [6.07, 6.45) is 5.25. The highest BCUT2D eigenvalue weighted by atomic mass is 16.5. The number of benzene rings is 3. The molecule has 2 aromatic heterocycles. The Labute approximate surface area is 206 Å². The van der Waals surface area contributed by atoms with Crippen LogP contribution in [0, 0.1) is 0 Å². The molecule has 0 unspecified atom stereocenters. The fourth-order valence-electron chi connectivity index (χ4n) is 3.82. The third-order valence-electron chi connectivity index (χ3n) is 5.48. The third kappa shape index (κ3) is 4.55. The van der Waals surface area contributed by atoms with E-state index < -0.39 is 5.91 Å². The largest absolute Gasteiger partial charge is 0.457 e. The molecule has 0 bridgehead atoms. The van der Waals surface area contributed by atoms with Gasteiger partial charge >= 0.3 is 0 Å². The number of ether oxygens (including phenoxy) is 1. The second kappa shape index (κ2) is 9.94. The van der Waals surface area contributed by atoms with Crippen molar-refractivity contribution < 1.29 is 14.3 Å². The van der Waals surface area contributed by atoms with Crippen molar-refractivity contribution in [3.05, 3.63) is 109 Å². The van der Waals surface area contributed by atoms with Crippen LogP contribution in [0.2, 0.25) is 0 Å². The van der Waals surface area contributed by atoms with E-state index >= 15 is 0 Å². The maximum Gasteiger partial charge on any atom is 0.254 e. The Morgan fingerprint density at radius 2 is 1.58 bits per heavy atom. The topological polar surface area (TPSA) is 112 Å². The van der Waals surface area contributed by atoms with Crippen molar-refractivity contribution in [2.75, 3.05) is 5.32 Å². The van der Waals surface area contributed by atoms with Crippen LogP contribution >= 0.6 is 0 Å². The molecule has 0 aliphatic carbocycles. The lowest BCUT2D eigenvalue weighted by atomic mass is 10.1. The zero-order valence-corrected chi connectivity index (χ0v) is 19.0. The fourth-order valence-corrected chi connectivity index (χ4v) is 3.82. The zero-order chi connectivity index (χ0) is 24.9. The van der Waals surface area contributed by atoms with Crippen LogP contribution in [0.5, 0.6) is 11.5 Å². The smallest absolute Gasteiger partial charge is 0.254 e. The molecule has 2 heterocycles. The minimum atomic E-state index is -0.615. The van der Waals surface area contributed by atoms with Gasteiger partial charge in [0.25, 0.3) is 5.91 Å². The highest BCUT2D eigenvalue weighted by molar-refractivity contribution is 6.05. The van der Waals surface area contributed by atoms with E-state index in [0.29, 0.717) is 28.9 Å². The van der Waals surface area contributed by atoms with Gasteiger partial charge in [0.1, 0.15) is 29.0 Å². The molecule has 0 radical (unpaired) electrons. The molecule has 3 aromatic carbocycles. The van der Waals surface area contributed by atoms with Crippen LogP contribution in [0.1, 0.15) is 10.4 Å². The molecule has 5 aromatic rings. The zero-order valence-electron chi connectivity index (χ0n) is 19.0. The van der Waals surface area contributed by atoms with Gasteiger partial charge in [-0.05, 0) is 60.7 Å². The minimum absolute atomic E-state index is 0.242. The number of nitrogens with one attached hydrogen (secondary N) is 1. The van der Waals surface area contributed by atoms with Crippen LogP contribution < -0.4 is 15.8 Å². The molecule has 0 atom stereocenters. The molecule has 36 heavy (non-hydrogen) atoms. The molecule has 0 spiro atoms. The number of fused-ring (bicyclic) bond motifs is 1. The average molecular weight is 476 g/mol. The summed E-state index contributed by atoms with van der Waals surface area (Å²) in [4.78, 5) is 27.3. The van der Waals surface area contributed by atoms with E-state index in [-0.39, 0.29) is 5.56 Å². The van der Waals surface area contributed by atoms with Crippen LogP contribution in [-0.4, -0.2) is 26.8 Å². The molecule has 5 rings (SSSR count). The van der Waals surface area contributed by atoms with Gasteiger partial charge in [0.15, 0.2) is 5.65 Å². The molecule has 1 amide bonds. The first kappa shape index (κ1) is 22.5. The predicted octanol–water partition coefficient (Wildman–Crippen LogP) is 5.08. The Bertz CT molecular complexity index is 1560. The molecule has 8 nitrogen and oxygen atoms in total. The highest BCUT2D eigenvalue weighted by Gasteiger charge is 2.22. The number of hydrogen-bond donors (Lipinski definition) is 2. The molecule has 0 aliphatic heterocycles. The number of carbonyl (C=O) groups excluding carboxylic acids is 2. The van der Waals surface area contributed by atoms with Crippen molar-refractivity contribution in [3.8, 4) is 34.0 Å². The lowest BCUT2D eigenvalue weighted by molar-refractivity contribution is -0.104. The van der Waals surface area contributed by atoms with Gasteiger partial charge in [0, 0.05) is 29.2 Å². The van der Waals surface area contributed by atoms with Gasteiger partial charge in [-0.25, -0.2) is 9.50 Å². The summed E-state index contributed by atoms with van der Waals surface area (Å²) in [5.74, 6) is 0.770. The van der Waals surface area contributed by atoms with Crippen LogP contribution in [0.25, 0.3) is 28.2 Å². The van der Waals surface area contributed by atoms with Crippen molar-refractivity contribution in [2.45, 2.75) is 0 Å². The number of para-hydroxylation sites is 1. The standard InChI is InChI=1S/C28H21N5O3/c29-27(35)25-26(20-9-13-23(14-10-20)36-22-5-2-1-3-6-22)32-33-24(15-17-31-28(25)33)19-7-11-21(12-8-19)30-16-4-18-34/h1-18,30H,(H2,29,35). The van der Waals surface area contributed by atoms with Crippen LogP contribution in [0.3, 0.4) is 0 Å². The molecule has 8 heteroatoms. The Kier molecular flexibility index (Phi) is 6.23. The van der Waals surface area contributed by atoms with Crippen LogP contribution in [0.15, 0.2) is 103 Å². The van der Waals surface area contributed by atoms with E-state index in [1.54, 1.807) is 16.9 Å². The van der Waals surface area contributed by atoms with Crippen molar-refractivity contribution in [1.29, 1.82) is 0 Å². The van der Waals surface area contributed by atoms with Crippen molar-refractivity contribution in [1.82, 2.24) is 14.6 Å². The number of anilines is 1. The molecular formula is C28H21N5O3. The first-order valence-corrected chi connectivity index (χ1v) is 11.1. The molecular weight excluding hydrogens is 454 g/mol. The summed E-state index contributed by atoms with van der Waals surface area (Å²) in [5.41, 5.74) is 9.95. The molecule has 0 saturated heterocycles. The first-order valence-electron chi connectivity index (χ1n) is 11.1. The van der Waals surface area contributed by atoms with Crippen LogP contribution in [-0.2, 0) is 4.79 Å². The number of rotatable bonds is 8. The summed E-state index contributed by atoms with van der Waals surface area (Å²) in [6.45, 7) is 0. The molecule has 0 fully saturated rings. The Hall–Kier alpha value is -5.24. The fraction of sp³-hybridized carbons (Fsp3) is 0. The minimum Gasteiger partial charge on any atom is -0.457 e. The van der Waals surface area contributed by atoms with Crippen LogP contribution in [0.4, 0.5) is 5.69 Å². The van der Waals surface area contributed by atoms with Gasteiger partial charge in [0.2, 0.25) is 0 Å². The van der Waals surface area contributed by atoms with Gasteiger partial charge in [0.05, 0.1) is 5.69 Å². The van der Waals surface area contributed by atoms with Gasteiger partial charge in [-0.3, -0.25) is 9.59 Å². The van der Waals surface area contributed by atoms with Crippen molar-refractivity contribution in [3.63, 3.8) is 0 Å². The lowest BCUT2D eigenvalue weighted by Gasteiger charge is -2.06. The molecule has 176 valence electrons. The number of amides is 1. The normalized spacial score (nSPS) is 11.0. The number of primary amides is 1. The lowest BCUT2D eigenvalue weighted by Crippen LogP contribution is -2.12. The number of nitrogens with two attached hydrogens (primary N) is 1. The van der Waals surface area contributed by atoms with Gasteiger partial charge in [-0.1, -0.05) is 30.3 Å². The Morgan fingerprint density at radius 1 is 0.889 bits per heavy atom. The van der Waals surface area contributed by atoms with Gasteiger partial charge < -0.3 is 15.8 Å². The van der Waals surface area contributed by atoms with E-state index in [0.717, 1.165) is 22.7 Å². The van der Waals surface area contributed by atoms with E-state index in [9.17, 15) is 9.59 Å².